The maximum atomic E-state index is 12.6. The smallest absolute Gasteiger partial charge is 0.405 e. The molecule has 2 rings (SSSR count). The minimum Gasteiger partial charge on any atom is -0.405 e. The topological polar surface area (TPSA) is 50.7 Å². The Hall–Kier alpha value is -2.05. The summed E-state index contributed by atoms with van der Waals surface area (Å²) in [7, 11) is 0. The van der Waals surface area contributed by atoms with Gasteiger partial charge in [-0.2, -0.15) is 0 Å². The van der Waals surface area contributed by atoms with E-state index >= 15 is 0 Å². The standard InChI is InChI=1S/C17H21F3N2O2/c1-4-9-16(10-11(2)3)15(23)21-14(22-16)12-7-5-6-8-13(12)24-17(18,19)20/h5-8,11H,4,9-10H2,1-3H3,(H,21,22,23). The summed E-state index contributed by atoms with van der Waals surface area (Å²) in [4.78, 5) is 17.0. The monoisotopic (exact) mass is 342 g/mol. The molecular weight excluding hydrogens is 321 g/mol. The van der Waals surface area contributed by atoms with Crippen LogP contribution in [0, 0.1) is 5.92 Å². The van der Waals surface area contributed by atoms with Crippen LogP contribution in [0.5, 0.6) is 5.75 Å². The molecule has 1 aliphatic heterocycles. The van der Waals surface area contributed by atoms with Crippen molar-refractivity contribution in [3.63, 3.8) is 0 Å². The molecular formula is C17H21F3N2O2. The van der Waals surface area contributed by atoms with Crippen molar-refractivity contribution in [2.45, 2.75) is 51.9 Å². The number of hydrogen-bond acceptors (Lipinski definition) is 3. The Morgan fingerprint density at radius 1 is 1.29 bits per heavy atom. The van der Waals surface area contributed by atoms with Crippen LogP contribution in [0.25, 0.3) is 0 Å². The molecule has 24 heavy (non-hydrogen) atoms. The van der Waals surface area contributed by atoms with E-state index in [4.69, 9.17) is 0 Å². The first kappa shape index (κ1) is 18.3. The molecule has 1 aromatic carbocycles. The number of carbonyl (C=O) groups excluding carboxylic acids is 1. The summed E-state index contributed by atoms with van der Waals surface area (Å²) < 4.78 is 41.8. The normalized spacial score (nSPS) is 21.0. The highest BCUT2D eigenvalue weighted by Crippen LogP contribution is 2.34. The highest BCUT2D eigenvalue weighted by molar-refractivity contribution is 6.16. The van der Waals surface area contributed by atoms with E-state index in [9.17, 15) is 18.0 Å². The number of amidine groups is 1. The zero-order chi connectivity index (χ0) is 18.0. The molecule has 7 heteroatoms. The van der Waals surface area contributed by atoms with Crippen LogP contribution in [0.1, 0.15) is 45.6 Å². The minimum atomic E-state index is -4.81. The number of aliphatic imine (C=N–C) groups is 1. The van der Waals surface area contributed by atoms with Gasteiger partial charge in [0.05, 0.1) is 5.56 Å². The number of benzene rings is 1. The van der Waals surface area contributed by atoms with E-state index in [0.29, 0.717) is 12.8 Å². The zero-order valence-corrected chi connectivity index (χ0v) is 13.9. The van der Waals surface area contributed by atoms with E-state index in [0.717, 1.165) is 6.42 Å². The number of ether oxygens (including phenoxy) is 1. The fraction of sp³-hybridized carbons (Fsp3) is 0.529. The molecule has 1 aliphatic rings. The van der Waals surface area contributed by atoms with Crippen molar-refractivity contribution < 1.29 is 22.7 Å². The average Bonchev–Trinajstić information content (AvgIpc) is 2.74. The first-order valence-corrected chi connectivity index (χ1v) is 7.93. The maximum Gasteiger partial charge on any atom is 0.573 e. The van der Waals surface area contributed by atoms with Crippen molar-refractivity contribution in [2.24, 2.45) is 10.9 Å². The fourth-order valence-electron chi connectivity index (χ4n) is 3.02. The highest BCUT2D eigenvalue weighted by Gasteiger charge is 2.44. The second-order valence-electron chi connectivity index (χ2n) is 6.34. The molecule has 1 amide bonds. The van der Waals surface area contributed by atoms with Gasteiger partial charge in [0.1, 0.15) is 17.1 Å². The van der Waals surface area contributed by atoms with Crippen LogP contribution >= 0.6 is 0 Å². The lowest BCUT2D eigenvalue weighted by atomic mass is 9.85. The summed E-state index contributed by atoms with van der Waals surface area (Å²) in [5.41, 5.74) is -0.797. The summed E-state index contributed by atoms with van der Waals surface area (Å²) in [5, 5.41) is 2.64. The number of para-hydroxylation sites is 1. The Morgan fingerprint density at radius 2 is 1.96 bits per heavy atom. The van der Waals surface area contributed by atoms with E-state index in [1.165, 1.54) is 18.2 Å². The van der Waals surface area contributed by atoms with Gasteiger partial charge in [0, 0.05) is 0 Å². The third-order valence-corrected chi connectivity index (χ3v) is 3.76. The zero-order valence-electron chi connectivity index (χ0n) is 13.9. The molecule has 1 N–H and O–H groups in total. The van der Waals surface area contributed by atoms with Crippen LogP contribution in [0.4, 0.5) is 13.2 Å². The van der Waals surface area contributed by atoms with Gasteiger partial charge in [-0.15, -0.1) is 13.2 Å². The molecule has 1 unspecified atom stereocenters. The van der Waals surface area contributed by atoms with Gasteiger partial charge >= 0.3 is 6.36 Å². The average molecular weight is 342 g/mol. The third-order valence-electron chi connectivity index (χ3n) is 3.76. The molecule has 0 aromatic heterocycles. The van der Waals surface area contributed by atoms with Gasteiger partial charge in [-0.1, -0.05) is 39.3 Å². The number of hydrogen-bond donors (Lipinski definition) is 1. The van der Waals surface area contributed by atoms with Crippen molar-refractivity contribution in [3.05, 3.63) is 29.8 Å². The van der Waals surface area contributed by atoms with Crippen LogP contribution in [-0.4, -0.2) is 23.6 Å². The molecule has 1 atom stereocenters. The van der Waals surface area contributed by atoms with Crippen LogP contribution in [0.15, 0.2) is 29.3 Å². The molecule has 0 aliphatic carbocycles. The number of alkyl halides is 3. The molecule has 0 bridgehead atoms. The molecule has 4 nitrogen and oxygen atoms in total. The number of rotatable bonds is 6. The quantitative estimate of drug-likeness (QED) is 0.848. The van der Waals surface area contributed by atoms with Gasteiger partial charge in [0.25, 0.3) is 5.91 Å². The second kappa shape index (κ2) is 6.83. The molecule has 0 spiro atoms. The Labute approximate surface area is 139 Å². The van der Waals surface area contributed by atoms with E-state index in [2.05, 4.69) is 15.0 Å². The van der Waals surface area contributed by atoms with Gasteiger partial charge in [-0.05, 0) is 30.9 Å². The first-order valence-electron chi connectivity index (χ1n) is 7.93. The lowest BCUT2D eigenvalue weighted by Gasteiger charge is -2.24. The van der Waals surface area contributed by atoms with E-state index in [-0.39, 0.29) is 29.0 Å². The summed E-state index contributed by atoms with van der Waals surface area (Å²) in [6.07, 6.45) is -2.98. The fourth-order valence-corrected chi connectivity index (χ4v) is 3.02. The highest BCUT2D eigenvalue weighted by atomic mass is 19.4. The predicted molar refractivity (Wildman–Crippen MR) is 84.9 cm³/mol. The number of amides is 1. The van der Waals surface area contributed by atoms with Crippen molar-refractivity contribution in [2.75, 3.05) is 0 Å². The summed E-state index contributed by atoms with van der Waals surface area (Å²) >= 11 is 0. The van der Waals surface area contributed by atoms with Gasteiger partial charge < -0.3 is 10.1 Å². The molecule has 132 valence electrons. The maximum absolute atomic E-state index is 12.6. The Balaban J connectivity index is 2.42. The van der Waals surface area contributed by atoms with E-state index in [1.807, 2.05) is 20.8 Å². The molecule has 0 saturated heterocycles. The summed E-state index contributed by atoms with van der Waals surface area (Å²) in [6.45, 7) is 5.92. The second-order valence-corrected chi connectivity index (χ2v) is 6.34. The van der Waals surface area contributed by atoms with Crippen LogP contribution < -0.4 is 10.1 Å². The SMILES string of the molecule is CCCC1(CC(C)C)N=C(c2ccccc2OC(F)(F)F)NC1=O. The van der Waals surface area contributed by atoms with E-state index < -0.39 is 11.9 Å². The van der Waals surface area contributed by atoms with Gasteiger partial charge in [0.2, 0.25) is 0 Å². The molecule has 1 aromatic rings. The Kier molecular flexibility index (Phi) is 5.20. The van der Waals surface area contributed by atoms with Gasteiger partial charge in [-0.3, -0.25) is 9.79 Å². The number of nitrogens with zero attached hydrogens (tertiary/aromatic N) is 1. The molecule has 0 saturated carbocycles. The number of carbonyl (C=O) groups is 1. The van der Waals surface area contributed by atoms with Gasteiger partial charge in [0.15, 0.2) is 0 Å². The van der Waals surface area contributed by atoms with Crippen LogP contribution in [0.3, 0.4) is 0 Å². The summed E-state index contributed by atoms with van der Waals surface area (Å²) in [6, 6.07) is 5.68. The van der Waals surface area contributed by atoms with Crippen molar-refractivity contribution in [1.82, 2.24) is 5.32 Å². The van der Waals surface area contributed by atoms with Crippen molar-refractivity contribution in [3.8, 4) is 5.75 Å². The lowest BCUT2D eigenvalue weighted by Crippen LogP contribution is -2.40. The van der Waals surface area contributed by atoms with E-state index in [1.54, 1.807) is 6.07 Å². The molecule has 0 radical (unpaired) electrons. The predicted octanol–water partition coefficient (Wildman–Crippen LogP) is 4.05. The Bertz CT molecular complexity index is 641. The summed E-state index contributed by atoms with van der Waals surface area (Å²) in [5.74, 6) is -0.281. The van der Waals surface area contributed by atoms with Crippen molar-refractivity contribution >= 4 is 11.7 Å². The van der Waals surface area contributed by atoms with Crippen LogP contribution in [-0.2, 0) is 4.79 Å². The third kappa shape index (κ3) is 4.07. The van der Waals surface area contributed by atoms with Crippen LogP contribution in [0.2, 0.25) is 0 Å². The largest absolute Gasteiger partial charge is 0.573 e. The minimum absolute atomic E-state index is 0.130. The lowest BCUT2D eigenvalue weighted by molar-refractivity contribution is -0.274. The molecule has 1 heterocycles. The Morgan fingerprint density at radius 3 is 2.54 bits per heavy atom. The number of halogens is 3. The first-order chi connectivity index (χ1) is 11.2. The molecule has 0 fully saturated rings. The number of nitrogens with one attached hydrogen (secondary N) is 1. The van der Waals surface area contributed by atoms with Crippen molar-refractivity contribution in [1.29, 1.82) is 0 Å². The van der Waals surface area contributed by atoms with Gasteiger partial charge in [-0.25, -0.2) is 0 Å².